The number of nitrogens with one attached hydrogen (secondary N) is 1. The number of para-hydroxylation sites is 2. The molecule has 0 aliphatic heterocycles. The van der Waals surface area contributed by atoms with Gasteiger partial charge in [0.15, 0.2) is 5.58 Å². The van der Waals surface area contributed by atoms with E-state index in [1.807, 2.05) is 43.3 Å². The van der Waals surface area contributed by atoms with E-state index in [1.54, 1.807) is 12.1 Å². The Morgan fingerprint density at radius 3 is 2.75 bits per heavy atom. The molecule has 0 radical (unpaired) electrons. The Kier molecular flexibility index (Phi) is 5.17. The number of rotatable bonds is 5. The van der Waals surface area contributed by atoms with Crippen LogP contribution >= 0.6 is 23.4 Å². The van der Waals surface area contributed by atoms with Crippen LogP contribution < -0.4 is 5.43 Å². The van der Waals surface area contributed by atoms with Gasteiger partial charge in [-0.15, -0.1) is 0 Å². The first-order chi connectivity index (χ1) is 11.6. The second-order valence-corrected chi connectivity index (χ2v) is 6.34. The zero-order chi connectivity index (χ0) is 16.9. The molecule has 3 aromatic rings. The highest BCUT2D eigenvalue weighted by Crippen LogP contribution is 2.22. The number of hydrogen-bond acceptors (Lipinski definition) is 5. The lowest BCUT2D eigenvalue weighted by Crippen LogP contribution is -2.21. The number of oxazole rings is 1. The van der Waals surface area contributed by atoms with Crippen LogP contribution in [0.25, 0.3) is 11.1 Å². The molecular weight excluding hydrogens is 346 g/mol. The predicted molar refractivity (Wildman–Crippen MR) is 96.5 cm³/mol. The maximum atomic E-state index is 11.9. The van der Waals surface area contributed by atoms with E-state index in [1.165, 1.54) is 11.8 Å². The Labute approximate surface area is 148 Å². The van der Waals surface area contributed by atoms with Gasteiger partial charge in [0.05, 0.1) is 11.5 Å². The fourth-order valence-electron chi connectivity index (χ4n) is 1.97. The number of nitrogens with zero attached hydrogens (tertiary/aromatic N) is 2. The molecule has 1 amide bonds. The van der Waals surface area contributed by atoms with Gasteiger partial charge in [0, 0.05) is 5.02 Å². The van der Waals surface area contributed by atoms with Gasteiger partial charge in [-0.05, 0) is 36.8 Å². The highest BCUT2D eigenvalue weighted by molar-refractivity contribution is 7.99. The molecule has 0 aliphatic rings. The molecule has 24 heavy (non-hydrogen) atoms. The van der Waals surface area contributed by atoms with Crippen molar-refractivity contribution in [1.82, 2.24) is 10.4 Å². The summed E-state index contributed by atoms with van der Waals surface area (Å²) in [5, 5.41) is 5.21. The van der Waals surface area contributed by atoms with Crippen LogP contribution in [0, 0.1) is 0 Å². The molecule has 122 valence electrons. The van der Waals surface area contributed by atoms with Gasteiger partial charge in [-0.3, -0.25) is 4.79 Å². The van der Waals surface area contributed by atoms with Gasteiger partial charge in [-0.25, -0.2) is 10.4 Å². The third-order valence-electron chi connectivity index (χ3n) is 3.21. The zero-order valence-corrected chi connectivity index (χ0v) is 14.4. The van der Waals surface area contributed by atoms with Crippen molar-refractivity contribution in [3.05, 3.63) is 59.1 Å². The third kappa shape index (κ3) is 4.15. The first kappa shape index (κ1) is 16.5. The molecule has 1 aromatic heterocycles. The summed E-state index contributed by atoms with van der Waals surface area (Å²) in [5.41, 5.74) is 5.60. The molecule has 0 spiro atoms. The fourth-order valence-corrected chi connectivity index (χ4v) is 2.73. The number of aromatic nitrogens is 1. The molecule has 5 nitrogen and oxygen atoms in total. The monoisotopic (exact) mass is 359 g/mol. The summed E-state index contributed by atoms with van der Waals surface area (Å²) in [6.45, 7) is 1.82. The second kappa shape index (κ2) is 7.51. The highest BCUT2D eigenvalue weighted by Gasteiger charge is 2.08. The summed E-state index contributed by atoms with van der Waals surface area (Å²) < 4.78 is 5.55. The van der Waals surface area contributed by atoms with Crippen LogP contribution in [0.4, 0.5) is 0 Å². The molecule has 0 fully saturated rings. The highest BCUT2D eigenvalue weighted by atomic mass is 35.5. The van der Waals surface area contributed by atoms with Crippen LogP contribution in [0.5, 0.6) is 0 Å². The zero-order valence-electron chi connectivity index (χ0n) is 12.8. The van der Waals surface area contributed by atoms with E-state index in [-0.39, 0.29) is 11.7 Å². The fraction of sp³-hybridized carbons (Fsp3) is 0.118. The molecule has 0 aliphatic carbocycles. The number of carbonyl (C=O) groups excluding carboxylic acids is 1. The number of halogens is 1. The van der Waals surface area contributed by atoms with Crippen molar-refractivity contribution in [2.75, 3.05) is 5.75 Å². The summed E-state index contributed by atoms with van der Waals surface area (Å²) in [6.07, 6.45) is 0. The van der Waals surface area contributed by atoms with Gasteiger partial charge in [0.25, 0.3) is 11.1 Å². The first-order valence-electron chi connectivity index (χ1n) is 7.19. The topological polar surface area (TPSA) is 67.5 Å². The Bertz CT molecular complexity index is 857. The molecule has 0 saturated heterocycles. The molecule has 2 aromatic carbocycles. The second-order valence-electron chi connectivity index (χ2n) is 4.98. The molecule has 0 bridgehead atoms. The molecule has 1 heterocycles. The van der Waals surface area contributed by atoms with E-state index in [0.717, 1.165) is 11.1 Å². The minimum atomic E-state index is -0.226. The molecule has 1 N–H and O–H groups in total. The first-order valence-corrected chi connectivity index (χ1v) is 8.55. The predicted octanol–water partition coefficient (Wildman–Crippen LogP) is 4.11. The number of thioether (sulfide) groups is 1. The van der Waals surface area contributed by atoms with Crippen LogP contribution in [-0.2, 0) is 4.79 Å². The Morgan fingerprint density at radius 2 is 2.00 bits per heavy atom. The molecular formula is C17H14ClN3O2S. The van der Waals surface area contributed by atoms with Crippen molar-refractivity contribution >= 4 is 46.1 Å². The van der Waals surface area contributed by atoms with E-state index in [9.17, 15) is 4.79 Å². The average Bonchev–Trinajstić information content (AvgIpc) is 3.01. The van der Waals surface area contributed by atoms with Crippen molar-refractivity contribution < 1.29 is 9.21 Å². The Hall–Kier alpha value is -2.31. The number of hydrazone groups is 1. The van der Waals surface area contributed by atoms with E-state index in [2.05, 4.69) is 15.5 Å². The lowest BCUT2D eigenvalue weighted by Gasteiger charge is -2.02. The van der Waals surface area contributed by atoms with Crippen molar-refractivity contribution in [1.29, 1.82) is 0 Å². The molecule has 3 rings (SSSR count). The van der Waals surface area contributed by atoms with Gasteiger partial charge >= 0.3 is 0 Å². The van der Waals surface area contributed by atoms with Gasteiger partial charge in [-0.1, -0.05) is 47.6 Å². The lowest BCUT2D eigenvalue weighted by molar-refractivity contribution is -0.118. The van der Waals surface area contributed by atoms with Crippen molar-refractivity contribution in [2.45, 2.75) is 12.1 Å². The maximum absolute atomic E-state index is 11.9. The summed E-state index contributed by atoms with van der Waals surface area (Å²) in [7, 11) is 0. The van der Waals surface area contributed by atoms with E-state index in [0.29, 0.717) is 21.5 Å². The SMILES string of the molecule is CC(=NNC(=O)CSc1nc2ccccc2o1)c1ccc(Cl)cc1. The Balaban J connectivity index is 1.55. The Morgan fingerprint density at radius 1 is 1.25 bits per heavy atom. The maximum Gasteiger partial charge on any atom is 0.257 e. The smallest absolute Gasteiger partial charge is 0.257 e. The number of hydrogen-bond donors (Lipinski definition) is 1. The van der Waals surface area contributed by atoms with E-state index >= 15 is 0 Å². The van der Waals surface area contributed by atoms with Crippen LogP contribution in [0.1, 0.15) is 12.5 Å². The normalized spacial score (nSPS) is 11.7. The van der Waals surface area contributed by atoms with Crippen LogP contribution in [0.3, 0.4) is 0 Å². The molecule has 0 unspecified atom stereocenters. The average molecular weight is 360 g/mol. The standard InChI is InChI=1S/C17H14ClN3O2S/c1-11(12-6-8-13(18)9-7-12)20-21-16(22)10-24-17-19-14-4-2-3-5-15(14)23-17/h2-9H,10H2,1H3,(H,21,22). The van der Waals surface area contributed by atoms with Crippen molar-refractivity contribution in [2.24, 2.45) is 5.10 Å². The molecule has 0 atom stereocenters. The summed E-state index contributed by atoms with van der Waals surface area (Å²) in [5.74, 6) is -0.0555. The van der Waals surface area contributed by atoms with Crippen molar-refractivity contribution in [3.63, 3.8) is 0 Å². The molecule has 7 heteroatoms. The van der Waals surface area contributed by atoms with Gasteiger partial charge in [-0.2, -0.15) is 5.10 Å². The van der Waals surface area contributed by atoms with Gasteiger partial charge < -0.3 is 4.42 Å². The van der Waals surface area contributed by atoms with Gasteiger partial charge in [0.1, 0.15) is 5.52 Å². The number of amides is 1. The van der Waals surface area contributed by atoms with Crippen molar-refractivity contribution in [3.8, 4) is 0 Å². The minimum Gasteiger partial charge on any atom is -0.431 e. The third-order valence-corrected chi connectivity index (χ3v) is 4.29. The van der Waals surface area contributed by atoms with Crippen LogP contribution in [0.2, 0.25) is 5.02 Å². The minimum absolute atomic E-state index is 0.171. The summed E-state index contributed by atoms with van der Waals surface area (Å²) in [4.78, 5) is 16.2. The van der Waals surface area contributed by atoms with Crippen LogP contribution in [-0.4, -0.2) is 22.4 Å². The summed E-state index contributed by atoms with van der Waals surface area (Å²) >= 11 is 7.07. The number of fused-ring (bicyclic) bond motifs is 1. The quantitative estimate of drug-likeness (QED) is 0.423. The number of carbonyl (C=O) groups is 1. The van der Waals surface area contributed by atoms with E-state index in [4.69, 9.17) is 16.0 Å². The largest absolute Gasteiger partial charge is 0.431 e. The van der Waals surface area contributed by atoms with E-state index < -0.39 is 0 Å². The lowest BCUT2D eigenvalue weighted by atomic mass is 10.1. The molecule has 0 saturated carbocycles. The van der Waals surface area contributed by atoms with Gasteiger partial charge in [0.2, 0.25) is 0 Å². The summed E-state index contributed by atoms with van der Waals surface area (Å²) in [6, 6.07) is 14.7. The van der Waals surface area contributed by atoms with Crippen LogP contribution in [0.15, 0.2) is 63.3 Å². The number of benzene rings is 2.